The molecule has 5 nitrogen and oxygen atoms in total. The third-order valence-electron chi connectivity index (χ3n) is 5.20. The first-order valence-electron chi connectivity index (χ1n) is 9.64. The number of rotatable bonds is 6. The molecule has 140 valence electrons. The van der Waals surface area contributed by atoms with E-state index in [1.165, 1.54) is 30.5 Å². The van der Waals surface area contributed by atoms with E-state index in [9.17, 15) is 4.79 Å². The van der Waals surface area contributed by atoms with E-state index in [2.05, 4.69) is 57.3 Å². The first-order valence-corrected chi connectivity index (χ1v) is 9.64. The Morgan fingerprint density at radius 1 is 1.27 bits per heavy atom. The quantitative estimate of drug-likeness (QED) is 0.865. The molecule has 1 saturated heterocycles. The minimum absolute atomic E-state index is 0.0576. The molecule has 0 radical (unpaired) electrons. The first kappa shape index (κ1) is 18.6. The Morgan fingerprint density at radius 3 is 2.81 bits per heavy atom. The predicted molar refractivity (Wildman–Crippen MR) is 104 cm³/mol. The van der Waals surface area contributed by atoms with Crippen LogP contribution in [0.4, 0.5) is 0 Å². The van der Waals surface area contributed by atoms with E-state index < -0.39 is 0 Å². The highest BCUT2D eigenvalue weighted by Gasteiger charge is 2.23. The summed E-state index contributed by atoms with van der Waals surface area (Å²) >= 11 is 0. The van der Waals surface area contributed by atoms with E-state index >= 15 is 0 Å². The molecule has 0 aliphatic carbocycles. The van der Waals surface area contributed by atoms with E-state index in [0.29, 0.717) is 6.04 Å². The number of nitrogens with zero attached hydrogens (tertiary/aromatic N) is 3. The third-order valence-corrected chi connectivity index (χ3v) is 5.20. The van der Waals surface area contributed by atoms with Crippen LogP contribution in [0.25, 0.3) is 5.69 Å². The molecular weight excluding hydrogens is 324 g/mol. The lowest BCUT2D eigenvalue weighted by molar-refractivity contribution is -0.119. The summed E-state index contributed by atoms with van der Waals surface area (Å²) in [6.45, 7) is 8.54. The van der Waals surface area contributed by atoms with Gasteiger partial charge in [-0.05, 0) is 57.4 Å². The van der Waals surface area contributed by atoms with E-state index in [1.807, 2.05) is 6.92 Å². The summed E-state index contributed by atoms with van der Waals surface area (Å²) < 4.78 is 2.06. The van der Waals surface area contributed by atoms with Crippen molar-refractivity contribution < 1.29 is 4.79 Å². The average Bonchev–Trinajstić information content (AvgIpc) is 2.95. The van der Waals surface area contributed by atoms with Gasteiger partial charge in [0.1, 0.15) is 0 Å². The van der Waals surface area contributed by atoms with Crippen LogP contribution < -0.4 is 5.32 Å². The predicted octanol–water partition coefficient (Wildman–Crippen LogP) is 3.37. The summed E-state index contributed by atoms with van der Waals surface area (Å²) in [7, 11) is 0. The molecule has 1 fully saturated rings. The molecule has 1 amide bonds. The molecule has 2 aromatic rings. The second-order valence-corrected chi connectivity index (χ2v) is 7.36. The molecule has 1 aromatic carbocycles. The zero-order valence-corrected chi connectivity index (χ0v) is 16.2. The number of para-hydroxylation sites is 1. The van der Waals surface area contributed by atoms with Crippen molar-refractivity contribution in [2.45, 2.75) is 59.0 Å². The summed E-state index contributed by atoms with van der Waals surface area (Å²) in [5.74, 6) is 0.0576. The van der Waals surface area contributed by atoms with Crippen molar-refractivity contribution in [2.24, 2.45) is 0 Å². The summed E-state index contributed by atoms with van der Waals surface area (Å²) in [4.78, 5) is 13.7. The Kier molecular flexibility index (Phi) is 6.09. The Labute approximate surface area is 156 Å². The van der Waals surface area contributed by atoms with Gasteiger partial charge in [-0.1, -0.05) is 24.6 Å². The van der Waals surface area contributed by atoms with Crippen LogP contribution in [0.2, 0.25) is 0 Å². The standard InChI is InChI=1S/C21H30N4O/c1-16-14-17(2)25(23-16)21-10-5-4-8-19(21)15-24-13-7-6-9-20(24)11-12-22-18(3)26/h4-5,8,10,14,20H,6-7,9,11-13,15H2,1-3H3,(H,22,26). The maximum absolute atomic E-state index is 11.2. The average molecular weight is 354 g/mol. The molecule has 5 heteroatoms. The number of nitrogens with one attached hydrogen (secondary N) is 1. The molecule has 0 spiro atoms. The maximum Gasteiger partial charge on any atom is 0.216 e. The van der Waals surface area contributed by atoms with Crippen molar-refractivity contribution >= 4 is 5.91 Å². The molecule has 1 atom stereocenters. The zero-order chi connectivity index (χ0) is 18.5. The number of aryl methyl sites for hydroxylation is 2. The number of hydrogen-bond acceptors (Lipinski definition) is 3. The number of likely N-dealkylation sites (tertiary alicyclic amines) is 1. The highest BCUT2D eigenvalue weighted by Crippen LogP contribution is 2.25. The van der Waals surface area contributed by atoms with Crippen molar-refractivity contribution in [3.63, 3.8) is 0 Å². The van der Waals surface area contributed by atoms with Crippen LogP contribution in [0.3, 0.4) is 0 Å². The monoisotopic (exact) mass is 354 g/mol. The summed E-state index contributed by atoms with van der Waals surface area (Å²) in [6.07, 6.45) is 4.75. The lowest BCUT2D eigenvalue weighted by Crippen LogP contribution is -2.41. The number of carbonyl (C=O) groups is 1. The van der Waals surface area contributed by atoms with Crippen LogP contribution in [0.1, 0.15) is 49.6 Å². The minimum Gasteiger partial charge on any atom is -0.356 e. The number of hydrogen-bond donors (Lipinski definition) is 1. The smallest absolute Gasteiger partial charge is 0.216 e. The van der Waals surface area contributed by atoms with Crippen LogP contribution in [0, 0.1) is 13.8 Å². The van der Waals surface area contributed by atoms with Crippen molar-refractivity contribution in [2.75, 3.05) is 13.1 Å². The Hall–Kier alpha value is -2.14. The molecule has 26 heavy (non-hydrogen) atoms. The third kappa shape index (κ3) is 4.52. The maximum atomic E-state index is 11.2. The van der Waals surface area contributed by atoms with Gasteiger partial charge in [0.05, 0.1) is 11.4 Å². The van der Waals surface area contributed by atoms with E-state index in [0.717, 1.165) is 37.4 Å². The number of carbonyl (C=O) groups excluding carboxylic acids is 1. The van der Waals surface area contributed by atoms with E-state index in [-0.39, 0.29) is 5.91 Å². The molecule has 1 aliphatic rings. The van der Waals surface area contributed by atoms with E-state index in [4.69, 9.17) is 0 Å². The number of benzene rings is 1. The molecular formula is C21H30N4O. The minimum atomic E-state index is 0.0576. The van der Waals surface area contributed by atoms with Gasteiger partial charge in [-0.2, -0.15) is 5.10 Å². The second kappa shape index (κ2) is 8.49. The van der Waals surface area contributed by atoms with Crippen molar-refractivity contribution in [3.05, 3.63) is 47.3 Å². The van der Waals surface area contributed by atoms with Crippen molar-refractivity contribution in [1.29, 1.82) is 0 Å². The largest absolute Gasteiger partial charge is 0.356 e. The SMILES string of the molecule is CC(=O)NCCC1CCCCN1Cc1ccccc1-n1nc(C)cc1C. The molecule has 1 aromatic heterocycles. The van der Waals surface area contributed by atoms with Gasteiger partial charge in [-0.3, -0.25) is 9.69 Å². The highest BCUT2D eigenvalue weighted by molar-refractivity contribution is 5.72. The molecule has 0 bridgehead atoms. The van der Waals surface area contributed by atoms with Gasteiger partial charge < -0.3 is 5.32 Å². The van der Waals surface area contributed by atoms with Gasteiger partial charge in [0, 0.05) is 31.7 Å². The molecule has 1 N–H and O–H groups in total. The first-order chi connectivity index (χ1) is 12.5. The Morgan fingerprint density at radius 2 is 2.08 bits per heavy atom. The number of amides is 1. The Bertz CT molecular complexity index is 752. The van der Waals surface area contributed by atoms with E-state index in [1.54, 1.807) is 6.92 Å². The van der Waals surface area contributed by atoms with Gasteiger partial charge in [-0.25, -0.2) is 4.68 Å². The summed E-state index contributed by atoms with van der Waals surface area (Å²) in [5.41, 5.74) is 4.69. The fourth-order valence-electron chi connectivity index (χ4n) is 3.95. The van der Waals surface area contributed by atoms with Crippen molar-refractivity contribution in [1.82, 2.24) is 20.0 Å². The van der Waals surface area contributed by atoms with Gasteiger partial charge in [0.25, 0.3) is 0 Å². The highest BCUT2D eigenvalue weighted by atomic mass is 16.1. The fraction of sp³-hybridized carbons (Fsp3) is 0.524. The lowest BCUT2D eigenvalue weighted by Gasteiger charge is -2.36. The van der Waals surface area contributed by atoms with Crippen LogP contribution >= 0.6 is 0 Å². The van der Waals surface area contributed by atoms with Gasteiger partial charge in [0.15, 0.2) is 0 Å². The number of aromatic nitrogens is 2. The fourth-order valence-corrected chi connectivity index (χ4v) is 3.95. The van der Waals surface area contributed by atoms with Gasteiger partial charge in [-0.15, -0.1) is 0 Å². The molecule has 0 saturated carbocycles. The van der Waals surface area contributed by atoms with Crippen LogP contribution in [-0.2, 0) is 11.3 Å². The molecule has 1 aliphatic heterocycles. The normalized spacial score (nSPS) is 18.0. The summed E-state index contributed by atoms with van der Waals surface area (Å²) in [6, 6.07) is 11.2. The van der Waals surface area contributed by atoms with Crippen LogP contribution in [0.15, 0.2) is 30.3 Å². The van der Waals surface area contributed by atoms with Crippen LogP contribution in [0.5, 0.6) is 0 Å². The van der Waals surface area contributed by atoms with Gasteiger partial charge in [0.2, 0.25) is 5.91 Å². The Balaban J connectivity index is 1.76. The second-order valence-electron chi connectivity index (χ2n) is 7.36. The lowest BCUT2D eigenvalue weighted by atomic mass is 9.98. The number of piperidine rings is 1. The summed E-state index contributed by atoms with van der Waals surface area (Å²) in [5, 5.41) is 7.62. The van der Waals surface area contributed by atoms with Crippen LogP contribution in [-0.4, -0.2) is 39.7 Å². The topological polar surface area (TPSA) is 50.2 Å². The molecule has 3 rings (SSSR count). The molecule has 1 unspecified atom stereocenters. The zero-order valence-electron chi connectivity index (χ0n) is 16.2. The molecule has 2 heterocycles. The van der Waals surface area contributed by atoms with Gasteiger partial charge >= 0.3 is 0 Å². The van der Waals surface area contributed by atoms with Crippen molar-refractivity contribution in [3.8, 4) is 5.69 Å².